The van der Waals surface area contributed by atoms with Gasteiger partial charge < -0.3 is 4.90 Å². The highest BCUT2D eigenvalue weighted by atomic mass is 19.4. The molecule has 2 aliphatic heterocycles. The van der Waals surface area contributed by atoms with Crippen molar-refractivity contribution in [1.29, 1.82) is 0 Å². The van der Waals surface area contributed by atoms with Crippen LogP contribution in [0.15, 0.2) is 35.4 Å². The van der Waals surface area contributed by atoms with E-state index in [9.17, 15) is 22.8 Å². The van der Waals surface area contributed by atoms with Gasteiger partial charge in [0.05, 0.1) is 12.1 Å². The summed E-state index contributed by atoms with van der Waals surface area (Å²) in [5.74, 6) is -0.818. The summed E-state index contributed by atoms with van der Waals surface area (Å²) in [5, 5.41) is 5.21. The van der Waals surface area contributed by atoms with Crippen LogP contribution >= 0.6 is 0 Å². The van der Waals surface area contributed by atoms with Crippen molar-refractivity contribution in [3.8, 4) is 0 Å². The first kappa shape index (κ1) is 16.4. The van der Waals surface area contributed by atoms with E-state index < -0.39 is 12.2 Å². The quantitative estimate of drug-likeness (QED) is 0.766. The van der Waals surface area contributed by atoms with E-state index >= 15 is 0 Å². The Morgan fingerprint density at radius 3 is 2.25 bits per heavy atom. The molecule has 2 amide bonds. The molecule has 1 saturated heterocycles. The third kappa shape index (κ3) is 3.25. The summed E-state index contributed by atoms with van der Waals surface area (Å²) in [7, 11) is 0. The van der Waals surface area contributed by atoms with Crippen LogP contribution in [0.4, 0.5) is 18.9 Å². The maximum absolute atomic E-state index is 12.6. The lowest BCUT2D eigenvalue weighted by Crippen LogP contribution is -2.54. The second-order valence-corrected chi connectivity index (χ2v) is 5.51. The molecule has 0 bridgehead atoms. The molecule has 1 aromatic carbocycles. The lowest BCUT2D eigenvalue weighted by molar-refractivity contribution is -0.251. The Balaban J connectivity index is 1.67. The van der Waals surface area contributed by atoms with Gasteiger partial charge in [0, 0.05) is 26.2 Å². The van der Waals surface area contributed by atoms with Gasteiger partial charge in [-0.25, -0.2) is 4.90 Å². The molecule has 0 aliphatic carbocycles. The number of nitrogens with zero attached hydrogens (tertiary/aromatic N) is 4. The van der Waals surface area contributed by atoms with Crippen LogP contribution in [-0.4, -0.2) is 59.8 Å². The van der Waals surface area contributed by atoms with Crippen LogP contribution in [0, 0.1) is 0 Å². The number of hydrogen-bond acceptors (Lipinski definition) is 4. The van der Waals surface area contributed by atoms with Gasteiger partial charge in [-0.15, -0.1) is 0 Å². The number of alkyl halides is 3. The first-order valence-electron chi connectivity index (χ1n) is 7.43. The molecule has 0 atom stereocenters. The van der Waals surface area contributed by atoms with Crippen molar-refractivity contribution in [2.75, 3.05) is 31.2 Å². The van der Waals surface area contributed by atoms with Crippen molar-refractivity contribution in [3.05, 3.63) is 30.3 Å². The number of benzene rings is 1. The molecule has 2 heterocycles. The van der Waals surface area contributed by atoms with Crippen molar-refractivity contribution in [2.24, 2.45) is 5.10 Å². The summed E-state index contributed by atoms with van der Waals surface area (Å²) < 4.78 is 37.8. The van der Waals surface area contributed by atoms with Crippen molar-refractivity contribution in [3.63, 3.8) is 0 Å². The van der Waals surface area contributed by atoms with Crippen LogP contribution in [0.25, 0.3) is 0 Å². The van der Waals surface area contributed by atoms with Crippen LogP contribution in [-0.2, 0) is 9.59 Å². The minimum atomic E-state index is -4.39. The van der Waals surface area contributed by atoms with Gasteiger partial charge in [0.1, 0.15) is 5.71 Å². The number of amides is 2. The Bertz CT molecular complexity index is 667. The third-order valence-corrected chi connectivity index (χ3v) is 3.95. The molecule has 0 spiro atoms. The molecule has 0 unspecified atom stereocenters. The predicted octanol–water partition coefficient (Wildman–Crippen LogP) is 1.44. The SMILES string of the molecule is O=C(C1=NN(c2ccccc2)C(=O)C1)N1CCN(C(F)(F)F)CC1. The summed E-state index contributed by atoms with van der Waals surface area (Å²) >= 11 is 0. The molecule has 24 heavy (non-hydrogen) atoms. The highest BCUT2D eigenvalue weighted by Gasteiger charge is 2.40. The third-order valence-electron chi connectivity index (χ3n) is 3.95. The summed E-state index contributed by atoms with van der Waals surface area (Å²) in [5.41, 5.74) is 0.608. The fraction of sp³-hybridized carbons (Fsp3) is 0.400. The smallest absolute Gasteiger partial charge is 0.335 e. The Morgan fingerprint density at radius 1 is 1.04 bits per heavy atom. The number of carbonyl (C=O) groups is 2. The fourth-order valence-electron chi connectivity index (χ4n) is 2.66. The van der Waals surface area contributed by atoms with Gasteiger partial charge in [-0.05, 0) is 12.1 Å². The standard InChI is InChI=1S/C15H15F3N4O2/c16-15(17,18)21-8-6-20(7-9-21)14(24)12-10-13(23)22(19-12)11-4-2-1-3-5-11/h1-5H,6-10H2. The highest BCUT2D eigenvalue weighted by molar-refractivity contribution is 6.44. The summed E-state index contributed by atoms with van der Waals surface area (Å²) in [6.07, 6.45) is -4.53. The second kappa shape index (κ2) is 6.23. The largest absolute Gasteiger partial charge is 0.460 e. The second-order valence-electron chi connectivity index (χ2n) is 5.51. The molecule has 3 rings (SSSR count). The number of anilines is 1. The van der Waals surface area contributed by atoms with Gasteiger partial charge >= 0.3 is 6.30 Å². The van der Waals surface area contributed by atoms with E-state index in [1.807, 2.05) is 0 Å². The minimum absolute atomic E-state index is 0.0448. The maximum atomic E-state index is 12.6. The van der Waals surface area contributed by atoms with Crippen LogP contribution in [0.5, 0.6) is 0 Å². The predicted molar refractivity (Wildman–Crippen MR) is 80.2 cm³/mol. The van der Waals surface area contributed by atoms with Gasteiger partial charge in [0.25, 0.3) is 11.8 Å². The van der Waals surface area contributed by atoms with Gasteiger partial charge in [0.15, 0.2) is 0 Å². The molecular weight excluding hydrogens is 325 g/mol. The molecular formula is C15H15F3N4O2. The Hall–Kier alpha value is -2.42. The molecule has 1 fully saturated rings. The van der Waals surface area contributed by atoms with Gasteiger partial charge in [0.2, 0.25) is 0 Å². The van der Waals surface area contributed by atoms with Gasteiger partial charge in [-0.1, -0.05) is 18.2 Å². The van der Waals surface area contributed by atoms with E-state index in [0.29, 0.717) is 10.6 Å². The molecule has 9 heteroatoms. The van der Waals surface area contributed by atoms with Crippen LogP contribution in [0.3, 0.4) is 0 Å². The van der Waals surface area contributed by atoms with Crippen LogP contribution < -0.4 is 5.01 Å². The van der Waals surface area contributed by atoms with E-state index in [0.717, 1.165) is 5.01 Å². The molecule has 0 saturated carbocycles. The molecule has 0 N–H and O–H groups in total. The van der Waals surface area contributed by atoms with Crippen molar-refractivity contribution < 1.29 is 22.8 Å². The monoisotopic (exact) mass is 340 g/mol. The van der Waals surface area contributed by atoms with Gasteiger partial charge in [-0.2, -0.15) is 23.3 Å². The topological polar surface area (TPSA) is 56.2 Å². The lowest BCUT2D eigenvalue weighted by Gasteiger charge is -2.35. The van der Waals surface area contributed by atoms with Crippen LogP contribution in [0.1, 0.15) is 6.42 Å². The Kier molecular flexibility index (Phi) is 4.27. The molecule has 1 aromatic rings. The zero-order valence-corrected chi connectivity index (χ0v) is 12.7. The summed E-state index contributed by atoms with van der Waals surface area (Å²) in [6.45, 7) is -0.647. The Labute approximate surface area is 136 Å². The summed E-state index contributed by atoms with van der Waals surface area (Å²) in [6, 6.07) is 8.66. The van der Waals surface area contributed by atoms with E-state index in [4.69, 9.17) is 0 Å². The average molecular weight is 340 g/mol. The number of rotatable bonds is 2. The average Bonchev–Trinajstić information content (AvgIpc) is 2.96. The number of hydrazone groups is 1. The summed E-state index contributed by atoms with van der Waals surface area (Å²) in [4.78, 5) is 26.1. The lowest BCUT2D eigenvalue weighted by atomic mass is 10.2. The van der Waals surface area contributed by atoms with E-state index in [2.05, 4.69) is 5.10 Å². The Morgan fingerprint density at radius 2 is 1.67 bits per heavy atom. The first-order valence-corrected chi connectivity index (χ1v) is 7.43. The number of para-hydroxylation sites is 1. The van der Waals surface area contributed by atoms with Crippen LogP contribution in [0.2, 0.25) is 0 Å². The molecule has 0 aromatic heterocycles. The number of halogens is 3. The molecule has 128 valence electrons. The number of carbonyl (C=O) groups excluding carboxylic acids is 2. The van der Waals surface area contributed by atoms with Crippen molar-refractivity contribution in [1.82, 2.24) is 9.80 Å². The zero-order chi connectivity index (χ0) is 17.3. The van der Waals surface area contributed by atoms with E-state index in [1.54, 1.807) is 30.3 Å². The first-order chi connectivity index (χ1) is 11.4. The van der Waals surface area contributed by atoms with Crippen molar-refractivity contribution in [2.45, 2.75) is 12.7 Å². The fourth-order valence-corrected chi connectivity index (χ4v) is 2.66. The molecule has 2 aliphatic rings. The van der Waals surface area contributed by atoms with E-state index in [1.165, 1.54) is 4.90 Å². The molecule has 6 nitrogen and oxygen atoms in total. The van der Waals surface area contributed by atoms with E-state index in [-0.39, 0.29) is 44.2 Å². The normalized spacial score (nSPS) is 19.6. The maximum Gasteiger partial charge on any atom is 0.460 e. The minimum Gasteiger partial charge on any atom is -0.335 e. The highest BCUT2D eigenvalue weighted by Crippen LogP contribution is 2.24. The number of hydrogen-bond donors (Lipinski definition) is 0. The zero-order valence-electron chi connectivity index (χ0n) is 12.7. The van der Waals surface area contributed by atoms with Crippen molar-refractivity contribution >= 4 is 23.2 Å². The van der Waals surface area contributed by atoms with Gasteiger partial charge in [-0.3, -0.25) is 9.59 Å². The number of piperazine rings is 1. The molecule has 0 radical (unpaired) electrons.